The van der Waals surface area contributed by atoms with Gasteiger partial charge in [0.15, 0.2) is 5.78 Å². The Morgan fingerprint density at radius 1 is 1.09 bits per heavy atom. The quantitative estimate of drug-likeness (QED) is 0.340. The molecule has 0 saturated carbocycles. The lowest BCUT2D eigenvalue weighted by Gasteiger charge is -2.33. The Balaban J connectivity index is 1.33. The summed E-state index contributed by atoms with van der Waals surface area (Å²) < 4.78 is 0.924. The first-order valence-electron chi connectivity index (χ1n) is 11.3. The number of fused-ring (bicyclic) bond motifs is 2. The summed E-state index contributed by atoms with van der Waals surface area (Å²) in [6.07, 6.45) is 0.376. The number of rotatable bonds is 6. The minimum Gasteiger partial charge on any atom is -0.480 e. The summed E-state index contributed by atoms with van der Waals surface area (Å²) in [5, 5.41) is 16.8. The number of hydrogen-bond acceptors (Lipinski definition) is 7. The lowest BCUT2D eigenvalue weighted by Crippen LogP contribution is -2.48. The van der Waals surface area contributed by atoms with E-state index in [0.29, 0.717) is 36.6 Å². The number of Topliss-reactive ketones (excluding diaryl/α,β-unsaturated/α-hetero) is 1. The highest BCUT2D eigenvalue weighted by Crippen LogP contribution is 2.39. The molecule has 0 radical (unpaired) electrons. The molecule has 5 rings (SSSR count). The van der Waals surface area contributed by atoms with Crippen molar-refractivity contribution in [2.45, 2.75) is 6.42 Å². The average Bonchev–Trinajstić information content (AvgIpc) is 3.33. The van der Waals surface area contributed by atoms with Crippen molar-refractivity contribution in [2.75, 3.05) is 51.2 Å². The minimum absolute atomic E-state index is 0.0651. The van der Waals surface area contributed by atoms with Crippen LogP contribution in [0.5, 0.6) is 0 Å². The van der Waals surface area contributed by atoms with Crippen LogP contribution in [0.2, 0.25) is 0 Å². The molecule has 0 aromatic heterocycles. The molecule has 8 nitrogen and oxygen atoms in total. The van der Waals surface area contributed by atoms with Crippen LogP contribution >= 0.6 is 15.9 Å². The zero-order chi connectivity index (χ0) is 23.7. The van der Waals surface area contributed by atoms with Crippen LogP contribution in [0.4, 0.5) is 5.69 Å². The van der Waals surface area contributed by atoms with Crippen molar-refractivity contribution in [3.05, 3.63) is 69.3 Å². The molecule has 2 heterocycles. The summed E-state index contributed by atoms with van der Waals surface area (Å²) >= 11 is 3.52. The Labute approximate surface area is 206 Å². The number of carbonyl (C=O) groups excluding carboxylic acids is 1. The van der Waals surface area contributed by atoms with Gasteiger partial charge < -0.3 is 15.3 Å². The number of aliphatic carboxylic acids is 1. The number of benzene rings is 2. The van der Waals surface area contributed by atoms with Crippen molar-refractivity contribution in [1.82, 2.24) is 9.80 Å². The van der Waals surface area contributed by atoms with Gasteiger partial charge >= 0.3 is 5.97 Å². The maximum Gasteiger partial charge on any atom is 0.317 e. The van der Waals surface area contributed by atoms with Gasteiger partial charge in [0.05, 0.1) is 17.8 Å². The van der Waals surface area contributed by atoms with Gasteiger partial charge in [0, 0.05) is 54.9 Å². The first-order chi connectivity index (χ1) is 16.5. The van der Waals surface area contributed by atoms with E-state index >= 15 is 0 Å². The van der Waals surface area contributed by atoms with Crippen LogP contribution in [0.15, 0.2) is 57.8 Å². The monoisotopic (exact) mass is 524 g/mol. The van der Waals surface area contributed by atoms with Crippen molar-refractivity contribution < 1.29 is 19.5 Å². The SMILES string of the molecule is O=C(O)CN1CCN(CCON=C2/C(=C3/C(=O)Cc4ccc(Br)cc43)Nc3ccccc32)CC1. The number of anilines is 1. The first kappa shape index (κ1) is 22.8. The molecule has 2 aromatic rings. The Morgan fingerprint density at radius 2 is 1.85 bits per heavy atom. The predicted molar refractivity (Wildman–Crippen MR) is 133 cm³/mol. The number of hydrogen-bond donors (Lipinski definition) is 2. The summed E-state index contributed by atoms with van der Waals surface area (Å²) in [6.45, 7) is 4.24. The van der Waals surface area contributed by atoms with E-state index in [9.17, 15) is 9.59 Å². The molecule has 2 aliphatic heterocycles. The zero-order valence-electron chi connectivity index (χ0n) is 18.6. The standard InChI is InChI=1S/C25H25BrN4O4/c26-17-6-5-16-13-21(31)23(19(16)14-17)25-24(18-3-1-2-4-20(18)27-25)28-34-12-11-29-7-9-30(10-8-29)15-22(32)33/h1-6,14,27H,7-13,15H2,(H,32,33)/b25-23-,28-24?. The van der Waals surface area contributed by atoms with Crippen LogP contribution in [0.3, 0.4) is 0 Å². The van der Waals surface area contributed by atoms with Crippen molar-refractivity contribution in [3.8, 4) is 0 Å². The summed E-state index contributed by atoms with van der Waals surface area (Å²) in [4.78, 5) is 33.8. The van der Waals surface area contributed by atoms with E-state index in [1.54, 1.807) is 0 Å². The van der Waals surface area contributed by atoms with Crippen LogP contribution in [0, 0.1) is 0 Å². The fourth-order valence-electron chi connectivity index (χ4n) is 4.67. The summed E-state index contributed by atoms with van der Waals surface area (Å²) in [5.74, 6) is -0.728. The van der Waals surface area contributed by atoms with E-state index in [0.717, 1.165) is 53.0 Å². The highest BCUT2D eigenvalue weighted by Gasteiger charge is 2.34. The minimum atomic E-state index is -0.793. The second kappa shape index (κ2) is 9.69. The molecule has 0 atom stereocenters. The van der Waals surface area contributed by atoms with Gasteiger partial charge in [-0.3, -0.25) is 19.4 Å². The van der Waals surface area contributed by atoms with Crippen molar-refractivity contribution in [2.24, 2.45) is 5.16 Å². The molecule has 3 aliphatic rings. The van der Waals surface area contributed by atoms with Crippen molar-refractivity contribution >= 4 is 44.7 Å². The molecule has 0 bridgehead atoms. The number of nitrogens with zero attached hydrogens (tertiary/aromatic N) is 3. The van der Waals surface area contributed by atoms with Crippen LogP contribution < -0.4 is 5.32 Å². The summed E-state index contributed by atoms with van der Waals surface area (Å²) in [6, 6.07) is 13.8. The first-order valence-corrected chi connectivity index (χ1v) is 12.1. The average molecular weight is 525 g/mol. The third kappa shape index (κ3) is 4.64. The normalized spacial score (nSPS) is 21.4. The maximum atomic E-state index is 13.0. The topological polar surface area (TPSA) is 94.5 Å². The molecular weight excluding hydrogens is 500 g/mol. The smallest absolute Gasteiger partial charge is 0.317 e. The van der Waals surface area contributed by atoms with Gasteiger partial charge in [-0.25, -0.2) is 0 Å². The number of para-hydroxylation sites is 1. The number of allylic oxidation sites excluding steroid dienone is 2. The lowest BCUT2D eigenvalue weighted by molar-refractivity contribution is -0.138. The van der Waals surface area contributed by atoms with Gasteiger partial charge in [0.1, 0.15) is 12.3 Å². The Hall–Kier alpha value is -3.01. The molecule has 1 aliphatic carbocycles. The van der Waals surface area contributed by atoms with Crippen LogP contribution in [0.25, 0.3) is 5.57 Å². The van der Waals surface area contributed by atoms with Gasteiger partial charge in [0.25, 0.3) is 0 Å². The van der Waals surface area contributed by atoms with Gasteiger partial charge in [-0.1, -0.05) is 45.4 Å². The number of piperazine rings is 1. The molecular formula is C25H25BrN4O4. The van der Waals surface area contributed by atoms with Crippen molar-refractivity contribution in [3.63, 3.8) is 0 Å². The van der Waals surface area contributed by atoms with Gasteiger partial charge in [-0.2, -0.15) is 0 Å². The molecule has 1 fully saturated rings. The molecule has 2 aromatic carbocycles. The number of ketones is 1. The van der Waals surface area contributed by atoms with E-state index in [2.05, 4.69) is 31.3 Å². The van der Waals surface area contributed by atoms with Crippen LogP contribution in [-0.2, 0) is 20.8 Å². The number of halogens is 1. The Bertz CT molecular complexity index is 1200. The number of carboxylic acid groups (broad SMARTS) is 1. The van der Waals surface area contributed by atoms with Gasteiger partial charge in [-0.15, -0.1) is 0 Å². The Morgan fingerprint density at radius 3 is 2.65 bits per heavy atom. The molecule has 2 N–H and O–H groups in total. The lowest BCUT2D eigenvalue weighted by atomic mass is 10.0. The molecule has 176 valence electrons. The second-order valence-electron chi connectivity index (χ2n) is 8.61. The third-order valence-electron chi connectivity index (χ3n) is 6.38. The van der Waals surface area contributed by atoms with E-state index in [-0.39, 0.29) is 12.3 Å². The van der Waals surface area contributed by atoms with E-state index in [4.69, 9.17) is 9.94 Å². The van der Waals surface area contributed by atoms with E-state index in [1.807, 2.05) is 47.4 Å². The van der Waals surface area contributed by atoms with Gasteiger partial charge in [0.2, 0.25) is 0 Å². The number of carboxylic acids is 1. The Kier molecular flexibility index (Phi) is 6.49. The molecule has 1 saturated heterocycles. The third-order valence-corrected chi connectivity index (χ3v) is 6.87. The zero-order valence-corrected chi connectivity index (χ0v) is 20.2. The highest BCUT2D eigenvalue weighted by molar-refractivity contribution is 9.10. The summed E-state index contributed by atoms with van der Waals surface area (Å²) in [7, 11) is 0. The molecule has 0 unspecified atom stereocenters. The largest absolute Gasteiger partial charge is 0.480 e. The molecule has 9 heteroatoms. The van der Waals surface area contributed by atoms with Crippen LogP contribution in [0.1, 0.15) is 16.7 Å². The number of carbonyl (C=O) groups is 2. The molecule has 0 amide bonds. The highest BCUT2D eigenvalue weighted by atomic mass is 79.9. The van der Waals surface area contributed by atoms with Gasteiger partial charge in [-0.05, 0) is 29.3 Å². The number of nitrogens with one attached hydrogen (secondary N) is 1. The fourth-order valence-corrected chi connectivity index (χ4v) is 5.03. The second-order valence-corrected chi connectivity index (χ2v) is 9.52. The maximum absolute atomic E-state index is 13.0. The number of oxime groups is 1. The molecule has 34 heavy (non-hydrogen) atoms. The predicted octanol–water partition coefficient (Wildman–Crippen LogP) is 2.83. The fraction of sp³-hybridized carbons (Fsp3) is 0.320. The van der Waals surface area contributed by atoms with E-state index in [1.165, 1.54) is 0 Å². The van der Waals surface area contributed by atoms with Crippen LogP contribution in [-0.4, -0.2) is 78.2 Å². The summed E-state index contributed by atoms with van der Waals surface area (Å²) in [5.41, 5.74) is 5.70. The molecule has 0 spiro atoms. The van der Waals surface area contributed by atoms with E-state index < -0.39 is 5.97 Å². The van der Waals surface area contributed by atoms with Crippen molar-refractivity contribution in [1.29, 1.82) is 0 Å².